The predicted molar refractivity (Wildman–Crippen MR) is 46.5 cm³/mol. The van der Waals surface area contributed by atoms with E-state index in [-0.39, 0.29) is 6.10 Å². The summed E-state index contributed by atoms with van der Waals surface area (Å²) < 4.78 is 0. The van der Waals surface area contributed by atoms with Gasteiger partial charge in [-0.05, 0) is 26.7 Å². The van der Waals surface area contributed by atoms with E-state index in [4.69, 9.17) is 0 Å². The van der Waals surface area contributed by atoms with Crippen LogP contribution in [0.3, 0.4) is 0 Å². The minimum atomic E-state index is -0.0811. The fourth-order valence-corrected chi connectivity index (χ4v) is 2.01. The Kier molecular flexibility index (Phi) is 2.90. The lowest BCUT2D eigenvalue weighted by Crippen LogP contribution is -2.39. The van der Waals surface area contributed by atoms with Gasteiger partial charge in [0.2, 0.25) is 0 Å². The molecule has 0 aliphatic carbocycles. The standard InChI is InChI=1S/C9H19NO/c1-4-8-9(11)5-6-10(8)7(2)3/h7-9,11H,4-6H2,1-3H3. The molecule has 0 amide bonds. The zero-order valence-corrected chi connectivity index (χ0v) is 7.75. The van der Waals surface area contributed by atoms with Gasteiger partial charge < -0.3 is 5.11 Å². The van der Waals surface area contributed by atoms with Crippen LogP contribution in [-0.2, 0) is 0 Å². The van der Waals surface area contributed by atoms with Crippen molar-refractivity contribution < 1.29 is 5.11 Å². The van der Waals surface area contributed by atoms with Crippen molar-refractivity contribution in [3.05, 3.63) is 0 Å². The maximum Gasteiger partial charge on any atom is 0.0707 e. The van der Waals surface area contributed by atoms with Crippen LogP contribution in [0, 0.1) is 0 Å². The summed E-state index contributed by atoms with van der Waals surface area (Å²) in [6.45, 7) is 7.60. The molecule has 0 aromatic carbocycles. The molecule has 2 nitrogen and oxygen atoms in total. The molecule has 0 saturated carbocycles. The Labute approximate surface area is 69.2 Å². The van der Waals surface area contributed by atoms with E-state index < -0.39 is 0 Å². The lowest BCUT2D eigenvalue weighted by atomic mass is 10.1. The third kappa shape index (κ3) is 1.74. The summed E-state index contributed by atoms with van der Waals surface area (Å²) in [5.74, 6) is 0. The molecule has 1 fully saturated rings. The first kappa shape index (κ1) is 9.01. The first-order valence-corrected chi connectivity index (χ1v) is 4.60. The summed E-state index contributed by atoms with van der Waals surface area (Å²) in [7, 11) is 0. The molecular formula is C9H19NO. The fourth-order valence-electron chi connectivity index (χ4n) is 2.01. The van der Waals surface area contributed by atoms with E-state index >= 15 is 0 Å². The summed E-state index contributed by atoms with van der Waals surface area (Å²) in [4.78, 5) is 2.39. The Morgan fingerprint density at radius 2 is 2.18 bits per heavy atom. The Morgan fingerprint density at radius 3 is 2.55 bits per heavy atom. The first-order chi connectivity index (χ1) is 5.16. The van der Waals surface area contributed by atoms with E-state index in [1.54, 1.807) is 0 Å². The van der Waals surface area contributed by atoms with Crippen molar-refractivity contribution in [2.24, 2.45) is 0 Å². The second-order valence-electron chi connectivity index (χ2n) is 3.66. The molecule has 2 unspecified atom stereocenters. The maximum atomic E-state index is 9.57. The topological polar surface area (TPSA) is 23.5 Å². The lowest BCUT2D eigenvalue weighted by Gasteiger charge is -2.28. The molecule has 1 aliphatic rings. The second kappa shape index (κ2) is 3.55. The van der Waals surface area contributed by atoms with E-state index in [1.165, 1.54) is 0 Å². The highest BCUT2D eigenvalue weighted by Gasteiger charge is 2.32. The summed E-state index contributed by atoms with van der Waals surface area (Å²) in [5.41, 5.74) is 0. The minimum Gasteiger partial charge on any atom is -0.391 e. The molecule has 0 aromatic heterocycles. The minimum absolute atomic E-state index is 0.0811. The molecule has 66 valence electrons. The van der Waals surface area contributed by atoms with Gasteiger partial charge >= 0.3 is 0 Å². The monoisotopic (exact) mass is 157 g/mol. The lowest BCUT2D eigenvalue weighted by molar-refractivity contribution is 0.0980. The Balaban J connectivity index is 2.54. The van der Waals surface area contributed by atoms with Crippen LogP contribution in [0.25, 0.3) is 0 Å². The Hall–Kier alpha value is -0.0800. The van der Waals surface area contributed by atoms with Gasteiger partial charge in [-0.2, -0.15) is 0 Å². The third-order valence-corrected chi connectivity index (χ3v) is 2.63. The van der Waals surface area contributed by atoms with Crippen molar-refractivity contribution >= 4 is 0 Å². The molecule has 0 radical (unpaired) electrons. The molecular weight excluding hydrogens is 138 g/mol. The van der Waals surface area contributed by atoms with Crippen LogP contribution in [0.2, 0.25) is 0 Å². The normalized spacial score (nSPS) is 33.5. The van der Waals surface area contributed by atoms with Crippen LogP contribution in [-0.4, -0.2) is 34.7 Å². The number of likely N-dealkylation sites (tertiary alicyclic amines) is 1. The van der Waals surface area contributed by atoms with Crippen LogP contribution < -0.4 is 0 Å². The van der Waals surface area contributed by atoms with Crippen LogP contribution >= 0.6 is 0 Å². The molecule has 1 saturated heterocycles. The third-order valence-electron chi connectivity index (χ3n) is 2.63. The first-order valence-electron chi connectivity index (χ1n) is 4.60. The zero-order chi connectivity index (χ0) is 8.43. The van der Waals surface area contributed by atoms with Crippen LogP contribution in [0.4, 0.5) is 0 Å². The molecule has 11 heavy (non-hydrogen) atoms. The van der Waals surface area contributed by atoms with E-state index in [1.807, 2.05) is 0 Å². The Morgan fingerprint density at radius 1 is 1.55 bits per heavy atom. The SMILES string of the molecule is CCC1C(O)CCN1C(C)C. The number of aliphatic hydroxyl groups is 1. The maximum absolute atomic E-state index is 9.57. The molecule has 0 bridgehead atoms. The van der Waals surface area contributed by atoms with Crippen LogP contribution in [0.15, 0.2) is 0 Å². The van der Waals surface area contributed by atoms with Gasteiger partial charge in [-0.15, -0.1) is 0 Å². The van der Waals surface area contributed by atoms with Crippen molar-refractivity contribution in [2.45, 2.75) is 51.8 Å². The van der Waals surface area contributed by atoms with Crippen LogP contribution in [0.5, 0.6) is 0 Å². The predicted octanol–water partition coefficient (Wildman–Crippen LogP) is 1.24. The van der Waals surface area contributed by atoms with Crippen LogP contribution in [0.1, 0.15) is 33.6 Å². The number of hydrogen-bond acceptors (Lipinski definition) is 2. The summed E-state index contributed by atoms with van der Waals surface area (Å²) in [6.07, 6.45) is 1.94. The molecule has 2 heteroatoms. The van der Waals surface area contributed by atoms with Gasteiger partial charge in [-0.3, -0.25) is 4.90 Å². The summed E-state index contributed by atoms with van der Waals surface area (Å²) in [6, 6.07) is 0.993. The van der Waals surface area contributed by atoms with Crippen molar-refractivity contribution in [3.63, 3.8) is 0 Å². The van der Waals surface area contributed by atoms with Crippen molar-refractivity contribution in [1.29, 1.82) is 0 Å². The number of hydrogen-bond donors (Lipinski definition) is 1. The smallest absolute Gasteiger partial charge is 0.0707 e. The Bertz CT molecular complexity index is 125. The van der Waals surface area contributed by atoms with Gasteiger partial charge in [0.05, 0.1) is 6.10 Å². The molecule has 2 atom stereocenters. The van der Waals surface area contributed by atoms with Gasteiger partial charge in [0, 0.05) is 18.6 Å². The highest BCUT2D eigenvalue weighted by Crippen LogP contribution is 2.22. The molecule has 1 N–H and O–H groups in total. The van der Waals surface area contributed by atoms with Gasteiger partial charge in [0.15, 0.2) is 0 Å². The van der Waals surface area contributed by atoms with Crippen molar-refractivity contribution in [2.75, 3.05) is 6.54 Å². The van der Waals surface area contributed by atoms with E-state index in [0.717, 1.165) is 19.4 Å². The molecule has 1 heterocycles. The number of aliphatic hydroxyl groups excluding tert-OH is 1. The van der Waals surface area contributed by atoms with Crippen molar-refractivity contribution in [3.8, 4) is 0 Å². The van der Waals surface area contributed by atoms with E-state index in [2.05, 4.69) is 25.7 Å². The van der Waals surface area contributed by atoms with Gasteiger partial charge in [-0.25, -0.2) is 0 Å². The number of nitrogens with zero attached hydrogens (tertiary/aromatic N) is 1. The average Bonchev–Trinajstić information content (AvgIpc) is 2.30. The van der Waals surface area contributed by atoms with E-state index in [9.17, 15) is 5.11 Å². The summed E-state index contributed by atoms with van der Waals surface area (Å²) in [5, 5.41) is 9.57. The molecule has 0 aromatic rings. The largest absolute Gasteiger partial charge is 0.391 e. The highest BCUT2D eigenvalue weighted by atomic mass is 16.3. The summed E-state index contributed by atoms with van der Waals surface area (Å²) >= 11 is 0. The fraction of sp³-hybridized carbons (Fsp3) is 1.00. The van der Waals surface area contributed by atoms with Gasteiger partial charge in [0.25, 0.3) is 0 Å². The van der Waals surface area contributed by atoms with Crippen molar-refractivity contribution in [1.82, 2.24) is 4.90 Å². The molecule has 0 spiro atoms. The van der Waals surface area contributed by atoms with Gasteiger partial charge in [-0.1, -0.05) is 6.92 Å². The number of rotatable bonds is 2. The zero-order valence-electron chi connectivity index (χ0n) is 7.75. The quantitative estimate of drug-likeness (QED) is 0.652. The van der Waals surface area contributed by atoms with Gasteiger partial charge in [0.1, 0.15) is 0 Å². The molecule has 1 aliphatic heterocycles. The highest BCUT2D eigenvalue weighted by molar-refractivity contribution is 4.87. The average molecular weight is 157 g/mol. The van der Waals surface area contributed by atoms with E-state index in [0.29, 0.717) is 12.1 Å². The molecule has 1 rings (SSSR count). The second-order valence-corrected chi connectivity index (χ2v) is 3.66.